The molecule has 1 aromatic rings. The second-order valence-electron chi connectivity index (χ2n) is 3.60. The van der Waals surface area contributed by atoms with E-state index in [0.717, 1.165) is 6.07 Å². The molecule has 0 fully saturated rings. The highest BCUT2D eigenvalue weighted by molar-refractivity contribution is 6.30. The van der Waals surface area contributed by atoms with Crippen LogP contribution in [0.2, 0.25) is 5.02 Å². The van der Waals surface area contributed by atoms with Gasteiger partial charge in [-0.3, -0.25) is 0 Å². The number of hydrogen-bond donors (Lipinski definition) is 0. The Morgan fingerprint density at radius 3 is 2.53 bits per heavy atom. The summed E-state index contributed by atoms with van der Waals surface area (Å²) in [6.45, 7) is 0. The Balaban J connectivity index is 2.53. The van der Waals surface area contributed by atoms with Gasteiger partial charge in [0.25, 0.3) is 0 Å². The fraction of sp³-hybridized carbons (Fsp3) is 0.400. The van der Waals surface area contributed by atoms with Crippen LogP contribution in [0.15, 0.2) is 18.2 Å². The fourth-order valence-corrected chi connectivity index (χ4v) is 2.09. The minimum Gasteiger partial charge on any atom is -0.229 e. The molecule has 15 heavy (non-hydrogen) atoms. The molecule has 0 N–H and O–H groups in total. The molecule has 1 aliphatic rings. The maximum absolute atomic E-state index is 13.8. The van der Waals surface area contributed by atoms with Crippen molar-refractivity contribution in [3.63, 3.8) is 0 Å². The first-order valence-corrected chi connectivity index (χ1v) is 4.77. The van der Waals surface area contributed by atoms with Crippen LogP contribution in [0.4, 0.5) is 17.6 Å². The largest absolute Gasteiger partial charge is 0.426 e. The average Bonchev–Trinajstić information content (AvgIpc) is 2.43. The molecule has 0 saturated heterocycles. The third-order valence-corrected chi connectivity index (χ3v) is 2.92. The van der Waals surface area contributed by atoms with E-state index in [-0.39, 0.29) is 12.0 Å². The van der Waals surface area contributed by atoms with Gasteiger partial charge in [0.2, 0.25) is 5.67 Å². The maximum Gasteiger partial charge on any atom is 0.426 e. The quantitative estimate of drug-likeness (QED) is 0.599. The molecular weight excluding hydrogens is 232 g/mol. The van der Waals surface area contributed by atoms with Crippen LogP contribution in [0.5, 0.6) is 0 Å². The van der Waals surface area contributed by atoms with Crippen molar-refractivity contribution in [3.8, 4) is 0 Å². The molecule has 0 aliphatic heterocycles. The summed E-state index contributed by atoms with van der Waals surface area (Å²) in [5, 5.41) is 0.333. The summed E-state index contributed by atoms with van der Waals surface area (Å²) in [6.07, 6.45) is -5.33. The Kier molecular flexibility index (Phi) is 2.23. The normalized spacial score (nSPS) is 25.4. The Labute approximate surface area is 88.9 Å². The van der Waals surface area contributed by atoms with Crippen molar-refractivity contribution in [2.75, 3.05) is 0 Å². The minimum atomic E-state index is -4.86. The van der Waals surface area contributed by atoms with Crippen molar-refractivity contribution < 1.29 is 17.6 Å². The molecule has 82 valence electrons. The lowest BCUT2D eigenvalue weighted by molar-refractivity contribution is -0.234. The lowest BCUT2D eigenvalue weighted by atomic mass is 9.97. The van der Waals surface area contributed by atoms with Gasteiger partial charge in [0, 0.05) is 10.6 Å². The zero-order valence-electron chi connectivity index (χ0n) is 7.54. The highest BCUT2D eigenvalue weighted by Crippen LogP contribution is 2.51. The summed E-state index contributed by atoms with van der Waals surface area (Å²) >= 11 is 5.63. The van der Waals surface area contributed by atoms with Gasteiger partial charge in [-0.25, -0.2) is 4.39 Å². The highest BCUT2D eigenvalue weighted by atomic mass is 35.5. The zero-order chi connectivity index (χ0) is 11.3. The predicted molar refractivity (Wildman–Crippen MR) is 48.6 cm³/mol. The number of fused-ring (bicyclic) bond motifs is 1. The molecule has 0 amide bonds. The monoisotopic (exact) mass is 238 g/mol. The van der Waals surface area contributed by atoms with Gasteiger partial charge in [-0.2, -0.15) is 13.2 Å². The Morgan fingerprint density at radius 2 is 1.93 bits per heavy atom. The van der Waals surface area contributed by atoms with Crippen molar-refractivity contribution in [3.05, 3.63) is 34.3 Å². The van der Waals surface area contributed by atoms with Gasteiger partial charge in [0.1, 0.15) is 0 Å². The van der Waals surface area contributed by atoms with E-state index in [1.165, 1.54) is 12.1 Å². The van der Waals surface area contributed by atoms with Crippen molar-refractivity contribution in [2.24, 2.45) is 0 Å². The number of rotatable bonds is 0. The molecule has 0 radical (unpaired) electrons. The molecule has 1 unspecified atom stereocenters. The number of alkyl halides is 4. The Bertz CT molecular complexity index is 399. The second-order valence-corrected chi connectivity index (χ2v) is 4.04. The minimum absolute atomic E-state index is 0.0753. The van der Waals surface area contributed by atoms with E-state index in [2.05, 4.69) is 0 Å². The number of aryl methyl sites for hydroxylation is 1. The van der Waals surface area contributed by atoms with Crippen LogP contribution < -0.4 is 0 Å². The fourth-order valence-electron chi connectivity index (χ4n) is 1.89. The third kappa shape index (κ3) is 1.51. The number of halogens is 5. The molecule has 0 spiro atoms. The van der Waals surface area contributed by atoms with Crippen LogP contribution in [-0.4, -0.2) is 6.18 Å². The average molecular weight is 239 g/mol. The van der Waals surface area contributed by atoms with E-state index in [1.807, 2.05) is 0 Å². The summed E-state index contributed by atoms with van der Waals surface area (Å²) in [6, 6.07) is 3.80. The van der Waals surface area contributed by atoms with Gasteiger partial charge in [-0.15, -0.1) is 0 Å². The zero-order valence-corrected chi connectivity index (χ0v) is 8.29. The Hall–Kier alpha value is -0.770. The SMILES string of the molecule is FC(F)(F)C1(F)CCc2cc(Cl)ccc21. The van der Waals surface area contributed by atoms with Gasteiger partial charge < -0.3 is 0 Å². The van der Waals surface area contributed by atoms with Gasteiger partial charge in [-0.1, -0.05) is 17.7 Å². The van der Waals surface area contributed by atoms with Gasteiger partial charge >= 0.3 is 6.18 Å². The first kappa shape index (κ1) is 10.7. The van der Waals surface area contributed by atoms with Crippen molar-refractivity contribution in [2.45, 2.75) is 24.7 Å². The molecule has 0 saturated carbocycles. The molecule has 0 heterocycles. The van der Waals surface area contributed by atoms with Gasteiger partial charge in [-0.05, 0) is 30.5 Å². The summed E-state index contributed by atoms with van der Waals surface area (Å²) in [7, 11) is 0. The van der Waals surface area contributed by atoms with Crippen LogP contribution in [-0.2, 0) is 12.1 Å². The first-order chi connectivity index (χ1) is 6.84. The third-order valence-electron chi connectivity index (χ3n) is 2.68. The standard InChI is InChI=1S/C10H7ClF4/c11-7-1-2-8-6(5-7)3-4-9(8,12)10(13,14)15/h1-2,5H,3-4H2. The van der Waals surface area contributed by atoms with Crippen LogP contribution in [0.3, 0.4) is 0 Å². The molecular formula is C10H7ClF4. The second kappa shape index (κ2) is 3.11. The molecule has 1 aliphatic carbocycles. The molecule has 2 rings (SSSR count). The van der Waals surface area contributed by atoms with E-state index in [0.29, 0.717) is 10.6 Å². The first-order valence-electron chi connectivity index (χ1n) is 4.39. The summed E-state index contributed by atoms with van der Waals surface area (Å²) in [5.41, 5.74) is -3.14. The molecule has 0 bridgehead atoms. The summed E-state index contributed by atoms with van der Waals surface area (Å²) < 4.78 is 51.3. The highest BCUT2D eigenvalue weighted by Gasteiger charge is 2.59. The molecule has 0 aromatic heterocycles. The molecule has 1 aromatic carbocycles. The van der Waals surface area contributed by atoms with Crippen LogP contribution in [0, 0.1) is 0 Å². The van der Waals surface area contributed by atoms with E-state index in [4.69, 9.17) is 11.6 Å². The van der Waals surface area contributed by atoms with Crippen molar-refractivity contribution in [1.29, 1.82) is 0 Å². The molecule has 0 nitrogen and oxygen atoms in total. The van der Waals surface area contributed by atoms with Crippen molar-refractivity contribution in [1.82, 2.24) is 0 Å². The van der Waals surface area contributed by atoms with E-state index < -0.39 is 18.3 Å². The van der Waals surface area contributed by atoms with Crippen LogP contribution in [0.25, 0.3) is 0 Å². The topological polar surface area (TPSA) is 0 Å². The number of hydrogen-bond acceptors (Lipinski definition) is 0. The van der Waals surface area contributed by atoms with Crippen LogP contribution >= 0.6 is 11.6 Å². The molecule has 1 atom stereocenters. The summed E-state index contributed by atoms with van der Waals surface area (Å²) in [5.74, 6) is 0. The Morgan fingerprint density at radius 1 is 1.27 bits per heavy atom. The van der Waals surface area contributed by atoms with Crippen molar-refractivity contribution >= 4 is 11.6 Å². The maximum atomic E-state index is 13.8. The van der Waals surface area contributed by atoms with E-state index in [9.17, 15) is 17.6 Å². The lowest BCUT2D eigenvalue weighted by Gasteiger charge is -2.23. The predicted octanol–water partition coefficient (Wildman–Crippen LogP) is 4.01. The van der Waals surface area contributed by atoms with Crippen LogP contribution in [0.1, 0.15) is 17.5 Å². The summed E-state index contributed by atoms with van der Waals surface area (Å²) in [4.78, 5) is 0. The van der Waals surface area contributed by atoms with Gasteiger partial charge in [0.05, 0.1) is 0 Å². The van der Waals surface area contributed by atoms with Gasteiger partial charge in [0.15, 0.2) is 0 Å². The lowest BCUT2D eigenvalue weighted by Crippen LogP contribution is -2.35. The molecule has 5 heteroatoms. The van der Waals surface area contributed by atoms with E-state index in [1.54, 1.807) is 0 Å². The number of benzene rings is 1. The smallest absolute Gasteiger partial charge is 0.229 e. The van der Waals surface area contributed by atoms with E-state index >= 15 is 0 Å².